The number of nitrogens with one attached hydrogen (secondary N) is 1. The third-order valence-electron chi connectivity index (χ3n) is 4.84. The number of halogens is 1. The third kappa shape index (κ3) is 3.35. The molecule has 2 aromatic heterocycles. The monoisotopic (exact) mass is 350 g/mol. The third-order valence-corrected chi connectivity index (χ3v) is 4.84. The fourth-order valence-electron chi connectivity index (χ4n) is 3.36. The maximum atomic E-state index is 13.1. The standard InChI is InChI=1S/C20H19FN4O/c21-16-6-4-14(5-7-16)18-13-19(24-23-18)15-8-11-25(12-9-15)20(26)17-3-1-2-10-22-17/h1-7,10,13,15H,8-9,11-12H2,(H,23,24). The number of rotatable bonds is 3. The molecular formula is C20H19FN4O. The van der Waals surface area contributed by atoms with E-state index in [1.165, 1.54) is 12.1 Å². The number of hydrogen-bond acceptors (Lipinski definition) is 3. The van der Waals surface area contributed by atoms with Gasteiger partial charge in [0.2, 0.25) is 0 Å². The number of carbonyl (C=O) groups is 1. The molecule has 3 heterocycles. The van der Waals surface area contributed by atoms with Crippen LogP contribution in [0.5, 0.6) is 0 Å². The summed E-state index contributed by atoms with van der Waals surface area (Å²) in [6.07, 6.45) is 3.40. The number of carbonyl (C=O) groups excluding carboxylic acids is 1. The molecule has 5 nitrogen and oxygen atoms in total. The van der Waals surface area contributed by atoms with Crippen LogP contribution in [0, 0.1) is 5.82 Å². The van der Waals surface area contributed by atoms with Gasteiger partial charge in [0.25, 0.3) is 5.91 Å². The minimum absolute atomic E-state index is 0.0133. The number of aromatic amines is 1. The highest BCUT2D eigenvalue weighted by Gasteiger charge is 2.26. The van der Waals surface area contributed by atoms with Gasteiger partial charge in [0, 0.05) is 36.5 Å². The van der Waals surface area contributed by atoms with Crippen molar-refractivity contribution in [2.45, 2.75) is 18.8 Å². The molecule has 0 saturated carbocycles. The van der Waals surface area contributed by atoms with Crippen molar-refractivity contribution in [3.05, 3.63) is 71.9 Å². The summed E-state index contributed by atoms with van der Waals surface area (Å²) in [6.45, 7) is 1.40. The van der Waals surface area contributed by atoms with Gasteiger partial charge in [-0.3, -0.25) is 14.9 Å². The molecule has 6 heteroatoms. The zero-order chi connectivity index (χ0) is 17.9. The molecule has 1 N–H and O–H groups in total. The van der Waals surface area contributed by atoms with E-state index in [4.69, 9.17) is 0 Å². The first-order valence-corrected chi connectivity index (χ1v) is 8.72. The Kier molecular flexibility index (Phi) is 4.48. The fraction of sp³-hybridized carbons (Fsp3) is 0.250. The second-order valence-corrected chi connectivity index (χ2v) is 6.50. The highest BCUT2D eigenvalue weighted by molar-refractivity contribution is 5.92. The summed E-state index contributed by atoms with van der Waals surface area (Å²) in [5.74, 6) is 0.0691. The quantitative estimate of drug-likeness (QED) is 0.785. The Morgan fingerprint density at radius 3 is 2.58 bits per heavy atom. The van der Waals surface area contributed by atoms with E-state index in [9.17, 15) is 9.18 Å². The van der Waals surface area contributed by atoms with Gasteiger partial charge in [0.15, 0.2) is 0 Å². The highest BCUT2D eigenvalue weighted by atomic mass is 19.1. The Balaban J connectivity index is 1.41. The van der Waals surface area contributed by atoms with Crippen molar-refractivity contribution >= 4 is 5.91 Å². The summed E-state index contributed by atoms with van der Waals surface area (Å²) in [5.41, 5.74) is 3.25. The smallest absolute Gasteiger partial charge is 0.272 e. The topological polar surface area (TPSA) is 61.9 Å². The number of likely N-dealkylation sites (tertiary alicyclic amines) is 1. The molecule has 1 aliphatic rings. The first-order chi connectivity index (χ1) is 12.7. The molecule has 3 aromatic rings. The number of hydrogen-bond donors (Lipinski definition) is 1. The van der Waals surface area contributed by atoms with Crippen LogP contribution in [0.4, 0.5) is 4.39 Å². The van der Waals surface area contributed by atoms with Crippen molar-refractivity contribution < 1.29 is 9.18 Å². The maximum absolute atomic E-state index is 13.1. The average molecular weight is 350 g/mol. The zero-order valence-electron chi connectivity index (χ0n) is 14.2. The molecule has 1 fully saturated rings. The lowest BCUT2D eigenvalue weighted by Crippen LogP contribution is -2.38. The maximum Gasteiger partial charge on any atom is 0.272 e. The van der Waals surface area contributed by atoms with Crippen molar-refractivity contribution in [3.63, 3.8) is 0 Å². The van der Waals surface area contributed by atoms with Crippen molar-refractivity contribution in [2.75, 3.05) is 13.1 Å². The first kappa shape index (κ1) is 16.4. The molecule has 0 spiro atoms. The summed E-state index contributed by atoms with van der Waals surface area (Å²) in [5, 5.41) is 7.46. The second kappa shape index (κ2) is 7.07. The van der Waals surface area contributed by atoms with Gasteiger partial charge in [0.1, 0.15) is 11.5 Å². The van der Waals surface area contributed by atoms with E-state index >= 15 is 0 Å². The molecule has 0 radical (unpaired) electrons. The van der Waals surface area contributed by atoms with Crippen LogP contribution in [0.1, 0.15) is 34.9 Å². The normalized spacial score (nSPS) is 15.2. The molecule has 0 bridgehead atoms. The first-order valence-electron chi connectivity index (χ1n) is 8.72. The van der Waals surface area contributed by atoms with Gasteiger partial charge in [-0.25, -0.2) is 4.39 Å². The van der Waals surface area contributed by atoms with E-state index in [1.54, 1.807) is 30.5 Å². The number of benzene rings is 1. The number of aromatic nitrogens is 3. The molecule has 4 rings (SSSR count). The summed E-state index contributed by atoms with van der Waals surface area (Å²) < 4.78 is 13.1. The number of nitrogens with zero attached hydrogens (tertiary/aromatic N) is 3. The molecule has 0 unspecified atom stereocenters. The van der Waals surface area contributed by atoms with Gasteiger partial charge in [-0.2, -0.15) is 5.10 Å². The van der Waals surface area contributed by atoms with Crippen molar-refractivity contribution in [2.24, 2.45) is 0 Å². The van der Waals surface area contributed by atoms with E-state index in [0.29, 0.717) is 24.7 Å². The predicted molar refractivity (Wildman–Crippen MR) is 96.1 cm³/mol. The van der Waals surface area contributed by atoms with Gasteiger partial charge in [-0.1, -0.05) is 6.07 Å². The molecule has 1 aromatic carbocycles. The summed E-state index contributed by atoms with van der Waals surface area (Å²) in [4.78, 5) is 18.5. The van der Waals surface area contributed by atoms with Crippen LogP contribution < -0.4 is 0 Å². The molecule has 1 saturated heterocycles. The molecule has 132 valence electrons. The molecule has 0 aliphatic carbocycles. The van der Waals surface area contributed by atoms with Gasteiger partial charge >= 0.3 is 0 Å². The molecule has 26 heavy (non-hydrogen) atoms. The number of piperidine rings is 1. The van der Waals surface area contributed by atoms with E-state index in [2.05, 4.69) is 15.2 Å². The van der Waals surface area contributed by atoms with Crippen LogP contribution in [0.25, 0.3) is 11.3 Å². The van der Waals surface area contributed by atoms with E-state index in [-0.39, 0.29) is 11.7 Å². The van der Waals surface area contributed by atoms with Gasteiger partial charge in [-0.15, -0.1) is 0 Å². The lowest BCUT2D eigenvalue weighted by atomic mass is 9.93. The fourth-order valence-corrected chi connectivity index (χ4v) is 3.36. The van der Waals surface area contributed by atoms with Crippen LogP contribution in [0.15, 0.2) is 54.7 Å². The Hall–Kier alpha value is -3.02. The second-order valence-electron chi connectivity index (χ2n) is 6.50. The molecule has 1 amide bonds. The van der Waals surface area contributed by atoms with E-state index in [1.807, 2.05) is 17.0 Å². The van der Waals surface area contributed by atoms with Gasteiger partial charge < -0.3 is 4.90 Å². The van der Waals surface area contributed by atoms with Crippen molar-refractivity contribution in [1.29, 1.82) is 0 Å². The lowest BCUT2D eigenvalue weighted by Gasteiger charge is -2.31. The average Bonchev–Trinajstić information content (AvgIpc) is 3.19. The Morgan fingerprint density at radius 2 is 1.88 bits per heavy atom. The summed E-state index contributed by atoms with van der Waals surface area (Å²) >= 11 is 0. The Labute approximate surface area is 150 Å². The summed E-state index contributed by atoms with van der Waals surface area (Å²) in [7, 11) is 0. The van der Waals surface area contributed by atoms with Gasteiger partial charge in [0.05, 0.1) is 5.69 Å². The predicted octanol–water partition coefficient (Wildman–Crippen LogP) is 3.63. The number of H-pyrrole nitrogens is 1. The number of amides is 1. The Morgan fingerprint density at radius 1 is 1.12 bits per heavy atom. The van der Waals surface area contributed by atoms with Gasteiger partial charge in [-0.05, 0) is 55.3 Å². The molecule has 1 aliphatic heterocycles. The Bertz CT molecular complexity index is 884. The van der Waals surface area contributed by atoms with Crippen LogP contribution in [-0.2, 0) is 0 Å². The van der Waals surface area contributed by atoms with E-state index in [0.717, 1.165) is 29.8 Å². The lowest BCUT2D eigenvalue weighted by molar-refractivity contribution is 0.0706. The number of pyridine rings is 1. The molecule has 0 atom stereocenters. The minimum atomic E-state index is -0.255. The van der Waals surface area contributed by atoms with Crippen LogP contribution in [0.2, 0.25) is 0 Å². The highest BCUT2D eigenvalue weighted by Crippen LogP contribution is 2.29. The minimum Gasteiger partial charge on any atom is -0.337 e. The SMILES string of the molecule is O=C(c1ccccn1)N1CCC(c2cc(-c3ccc(F)cc3)n[nH]2)CC1. The van der Waals surface area contributed by atoms with Crippen molar-refractivity contribution in [3.8, 4) is 11.3 Å². The van der Waals surface area contributed by atoms with Crippen LogP contribution in [-0.4, -0.2) is 39.1 Å². The molecular weight excluding hydrogens is 331 g/mol. The zero-order valence-corrected chi connectivity index (χ0v) is 14.2. The largest absolute Gasteiger partial charge is 0.337 e. The van der Waals surface area contributed by atoms with E-state index < -0.39 is 0 Å². The summed E-state index contributed by atoms with van der Waals surface area (Å²) in [6, 6.07) is 13.7. The van der Waals surface area contributed by atoms with Crippen molar-refractivity contribution in [1.82, 2.24) is 20.1 Å². The van der Waals surface area contributed by atoms with Crippen LogP contribution in [0.3, 0.4) is 0 Å². The van der Waals surface area contributed by atoms with Crippen LogP contribution >= 0.6 is 0 Å².